The van der Waals surface area contributed by atoms with Gasteiger partial charge in [-0.2, -0.15) is 0 Å². The average molecular weight is 491 g/mol. The molecule has 0 aromatic heterocycles. The van der Waals surface area contributed by atoms with Crippen LogP contribution < -0.4 is 15.6 Å². The molecule has 0 spiro atoms. The van der Waals surface area contributed by atoms with Crippen LogP contribution in [0.4, 0.5) is 0 Å². The molecule has 0 bridgehead atoms. The Morgan fingerprint density at radius 3 is 1.59 bits per heavy atom. The number of hydrogen-bond acceptors (Lipinski definition) is 3. The van der Waals surface area contributed by atoms with Gasteiger partial charge in [0.15, 0.2) is 0 Å². The van der Waals surface area contributed by atoms with Crippen molar-refractivity contribution in [1.29, 1.82) is 0 Å². The zero-order valence-corrected chi connectivity index (χ0v) is 22.8. The van der Waals surface area contributed by atoms with Gasteiger partial charge < -0.3 is 13.3 Å². The number of rotatable bonds is 14. The fourth-order valence-electron chi connectivity index (χ4n) is 4.98. The van der Waals surface area contributed by atoms with Crippen LogP contribution in [0.2, 0.25) is 12.1 Å². The average Bonchev–Trinajstić information content (AvgIpc) is 2.88. The van der Waals surface area contributed by atoms with Crippen LogP contribution in [0.25, 0.3) is 6.08 Å². The summed E-state index contributed by atoms with van der Waals surface area (Å²) in [6, 6.07) is 32.7. The Kier molecular flexibility index (Phi) is 10.0. The van der Waals surface area contributed by atoms with E-state index in [-0.39, 0.29) is 0 Å². The minimum Gasteiger partial charge on any atom is -0.374 e. The van der Waals surface area contributed by atoms with Gasteiger partial charge in [0.2, 0.25) is 0 Å². The lowest BCUT2D eigenvalue weighted by Gasteiger charge is -2.36. The van der Waals surface area contributed by atoms with E-state index < -0.39 is 16.9 Å². The smallest absolute Gasteiger partial charge is 0.374 e. The SMILES string of the molecule is C=Cc1ccccc1[Si](CCC[Si](OCC)(OCC)OCC)(c1ccccc1)c1ccccc1. The van der Waals surface area contributed by atoms with E-state index in [0.717, 1.165) is 18.5 Å². The van der Waals surface area contributed by atoms with E-state index >= 15 is 0 Å². The molecule has 0 aliphatic rings. The minimum atomic E-state index is -2.72. The van der Waals surface area contributed by atoms with Crippen LogP contribution in [0.3, 0.4) is 0 Å². The minimum absolute atomic E-state index is 0.603. The lowest BCUT2D eigenvalue weighted by molar-refractivity contribution is 0.0711. The van der Waals surface area contributed by atoms with Gasteiger partial charge in [-0.25, -0.2) is 0 Å². The first kappa shape index (κ1) is 26.3. The molecule has 0 radical (unpaired) electrons. The molecule has 5 heteroatoms. The summed E-state index contributed by atoms with van der Waals surface area (Å²) in [7, 11) is -5.09. The molecular weight excluding hydrogens is 452 g/mol. The van der Waals surface area contributed by atoms with Crippen molar-refractivity contribution in [2.75, 3.05) is 19.8 Å². The highest BCUT2D eigenvalue weighted by Crippen LogP contribution is 2.24. The standard InChI is InChI=1S/C29H38O3Si2/c1-5-26-18-15-16-23-29(26)33(27-19-11-9-12-20-27,28-21-13-10-14-22-28)24-17-25-34(30-6-2,31-7-3)32-8-4/h5,9-16,18-23H,1,6-8,17,24-25H2,2-4H3. The van der Waals surface area contributed by atoms with Gasteiger partial charge in [-0.1, -0.05) is 104 Å². The molecular formula is C29H38O3Si2. The van der Waals surface area contributed by atoms with E-state index in [1.165, 1.54) is 21.1 Å². The Balaban J connectivity index is 2.12. The summed E-state index contributed by atoms with van der Waals surface area (Å²) in [6.45, 7) is 12.0. The van der Waals surface area contributed by atoms with Crippen LogP contribution in [0.5, 0.6) is 0 Å². The van der Waals surface area contributed by atoms with Crippen LogP contribution >= 0.6 is 0 Å². The molecule has 0 heterocycles. The van der Waals surface area contributed by atoms with Gasteiger partial charge in [0.05, 0.1) is 0 Å². The number of benzene rings is 3. The molecule has 0 fully saturated rings. The molecule has 0 saturated carbocycles. The summed E-state index contributed by atoms with van der Waals surface area (Å²) in [6.07, 6.45) is 2.97. The van der Waals surface area contributed by atoms with Crippen molar-refractivity contribution in [3.8, 4) is 0 Å². The lowest BCUT2D eigenvalue weighted by atomic mass is 10.2. The first-order valence-corrected chi connectivity index (χ1v) is 16.5. The maximum absolute atomic E-state index is 6.18. The molecule has 0 amide bonds. The Bertz CT molecular complexity index is 952. The molecule has 3 nitrogen and oxygen atoms in total. The zero-order valence-electron chi connectivity index (χ0n) is 20.8. The first-order valence-electron chi connectivity index (χ1n) is 12.4. The van der Waals surface area contributed by atoms with E-state index in [2.05, 4.69) is 91.5 Å². The Hall–Kier alpha value is -2.29. The van der Waals surface area contributed by atoms with Crippen molar-refractivity contribution < 1.29 is 13.3 Å². The van der Waals surface area contributed by atoms with Gasteiger partial charge in [-0.3, -0.25) is 0 Å². The predicted molar refractivity (Wildman–Crippen MR) is 149 cm³/mol. The topological polar surface area (TPSA) is 27.7 Å². The van der Waals surface area contributed by atoms with Crippen LogP contribution in [-0.2, 0) is 13.3 Å². The third kappa shape index (κ3) is 5.85. The molecule has 3 rings (SSSR count). The van der Waals surface area contributed by atoms with Crippen LogP contribution in [0.15, 0.2) is 91.5 Å². The highest BCUT2D eigenvalue weighted by atomic mass is 28.4. The van der Waals surface area contributed by atoms with Gasteiger partial charge in [-0.15, -0.1) is 0 Å². The highest BCUT2D eigenvalue weighted by Gasteiger charge is 2.44. The van der Waals surface area contributed by atoms with Crippen molar-refractivity contribution in [2.45, 2.75) is 39.3 Å². The molecule has 0 atom stereocenters. The summed E-state index contributed by atoms with van der Waals surface area (Å²) < 4.78 is 18.5. The van der Waals surface area contributed by atoms with Crippen molar-refractivity contribution in [3.05, 3.63) is 97.1 Å². The molecule has 3 aromatic rings. The lowest BCUT2D eigenvalue weighted by Crippen LogP contribution is -2.67. The molecule has 0 saturated heterocycles. The second-order valence-corrected chi connectivity index (χ2v) is 15.0. The summed E-state index contributed by atoms with van der Waals surface area (Å²) in [5.41, 5.74) is 1.21. The summed E-state index contributed by atoms with van der Waals surface area (Å²) in [5, 5.41) is 4.22. The van der Waals surface area contributed by atoms with Crippen molar-refractivity contribution in [1.82, 2.24) is 0 Å². The van der Waals surface area contributed by atoms with Crippen LogP contribution in [-0.4, -0.2) is 36.7 Å². The fraction of sp³-hybridized carbons (Fsp3) is 0.310. The molecule has 0 aliphatic heterocycles. The third-order valence-electron chi connectivity index (χ3n) is 6.30. The largest absolute Gasteiger partial charge is 0.500 e. The maximum atomic E-state index is 6.18. The van der Waals surface area contributed by atoms with Crippen molar-refractivity contribution in [3.63, 3.8) is 0 Å². The van der Waals surface area contributed by atoms with E-state index in [4.69, 9.17) is 13.3 Å². The monoisotopic (exact) mass is 490 g/mol. The Labute approximate surface area is 207 Å². The highest BCUT2D eigenvalue weighted by molar-refractivity contribution is 7.11. The van der Waals surface area contributed by atoms with Crippen LogP contribution in [0.1, 0.15) is 32.8 Å². The predicted octanol–water partition coefficient (Wildman–Crippen LogP) is 5.24. The van der Waals surface area contributed by atoms with E-state index in [1.54, 1.807) is 0 Å². The zero-order chi connectivity index (χ0) is 24.3. The normalized spacial score (nSPS) is 12.0. The van der Waals surface area contributed by atoms with E-state index in [0.29, 0.717) is 19.8 Å². The third-order valence-corrected chi connectivity index (χ3v) is 14.6. The second-order valence-electron chi connectivity index (χ2n) is 8.26. The Morgan fingerprint density at radius 2 is 1.12 bits per heavy atom. The second kappa shape index (κ2) is 13.0. The van der Waals surface area contributed by atoms with Gasteiger partial charge in [0, 0.05) is 25.9 Å². The van der Waals surface area contributed by atoms with Gasteiger partial charge in [0.1, 0.15) is 8.07 Å². The molecule has 34 heavy (non-hydrogen) atoms. The van der Waals surface area contributed by atoms with Gasteiger partial charge in [-0.05, 0) is 47.9 Å². The van der Waals surface area contributed by atoms with Gasteiger partial charge in [0.25, 0.3) is 0 Å². The van der Waals surface area contributed by atoms with Crippen molar-refractivity contribution >= 4 is 38.5 Å². The maximum Gasteiger partial charge on any atom is 0.500 e. The summed E-state index contributed by atoms with van der Waals surface area (Å²) in [5.74, 6) is 0. The van der Waals surface area contributed by atoms with Gasteiger partial charge >= 0.3 is 8.80 Å². The van der Waals surface area contributed by atoms with Crippen LogP contribution in [0, 0.1) is 0 Å². The Morgan fingerprint density at radius 1 is 0.647 bits per heavy atom. The molecule has 3 aromatic carbocycles. The quantitative estimate of drug-likeness (QED) is 0.228. The molecule has 0 aliphatic carbocycles. The molecule has 180 valence electrons. The summed E-state index contributed by atoms with van der Waals surface area (Å²) >= 11 is 0. The van der Waals surface area contributed by atoms with E-state index in [1.807, 2.05) is 26.8 Å². The fourth-order valence-corrected chi connectivity index (χ4v) is 13.0. The molecule has 0 N–H and O–H groups in total. The summed E-state index contributed by atoms with van der Waals surface area (Å²) in [4.78, 5) is 0. The first-order chi connectivity index (χ1) is 16.7. The molecule has 0 unspecified atom stereocenters. The number of hydrogen-bond donors (Lipinski definition) is 0. The van der Waals surface area contributed by atoms with Crippen molar-refractivity contribution in [2.24, 2.45) is 0 Å². The van der Waals surface area contributed by atoms with E-state index in [9.17, 15) is 0 Å².